The summed E-state index contributed by atoms with van der Waals surface area (Å²) in [7, 11) is -8.28. The van der Waals surface area contributed by atoms with Crippen molar-refractivity contribution < 1.29 is 57.1 Å². The molecule has 0 N–H and O–H groups in total. The predicted molar refractivity (Wildman–Crippen MR) is 435 cm³/mol. The fraction of sp³-hybridized carbons (Fsp3) is 0.667. The van der Waals surface area contributed by atoms with E-state index in [1.54, 1.807) is 0 Å². The van der Waals surface area contributed by atoms with E-state index in [9.17, 15) is 19.2 Å². The zero-order valence-electron chi connectivity index (χ0n) is 67.3. The van der Waals surface area contributed by atoms with Crippen molar-refractivity contribution in [3.05, 3.63) is 117 Å². The highest BCUT2D eigenvalue weighted by Crippen LogP contribution is 2.40. The van der Waals surface area contributed by atoms with E-state index >= 15 is 0 Å². The monoisotopic (exact) mass is 1480 g/mol. The maximum Gasteiger partial charge on any atom is 0.306 e. The van der Waals surface area contributed by atoms with Crippen LogP contribution in [-0.4, -0.2) is 115 Å². The van der Waals surface area contributed by atoms with Crippen molar-refractivity contribution >= 4 is 64.2 Å². The molecule has 12 nitrogen and oxygen atoms in total. The number of rotatable bonds is 52. The highest BCUT2D eigenvalue weighted by atomic mass is 28.3. The van der Waals surface area contributed by atoms with Gasteiger partial charge in [-0.15, -0.1) is 0 Å². The van der Waals surface area contributed by atoms with E-state index in [2.05, 4.69) is 129 Å². The maximum atomic E-state index is 13.0. The van der Waals surface area contributed by atoms with Crippen molar-refractivity contribution in [2.24, 2.45) is 0 Å². The van der Waals surface area contributed by atoms with Crippen molar-refractivity contribution in [2.45, 2.75) is 335 Å². The molecule has 0 aliphatic carbocycles. The second-order valence-electron chi connectivity index (χ2n) is 33.9. The third-order valence-corrected chi connectivity index (χ3v) is 39.5. The molecule has 0 fully saturated rings. The van der Waals surface area contributed by atoms with Gasteiger partial charge in [0, 0.05) is 58.0 Å². The predicted octanol–water partition coefficient (Wildman–Crippen LogP) is 22.5. The van der Waals surface area contributed by atoms with E-state index in [4.69, 9.17) is 37.9 Å². The highest BCUT2D eigenvalue weighted by molar-refractivity contribution is 6.82. The van der Waals surface area contributed by atoms with E-state index < -0.39 is 40.4 Å². The zero-order valence-corrected chi connectivity index (χ0v) is 72.3. The van der Waals surface area contributed by atoms with Crippen molar-refractivity contribution in [1.82, 2.24) is 0 Å². The molecule has 0 aliphatic heterocycles. The van der Waals surface area contributed by atoms with Gasteiger partial charge in [-0.05, 0) is 203 Å². The Morgan fingerprint density at radius 3 is 0.653 bits per heavy atom. The third kappa shape index (κ3) is 38.1. The van der Waals surface area contributed by atoms with Gasteiger partial charge < -0.3 is 37.9 Å². The lowest BCUT2D eigenvalue weighted by molar-refractivity contribution is -0.144. The largest absolute Gasteiger partial charge is 0.491 e. The van der Waals surface area contributed by atoms with Crippen LogP contribution in [0.4, 0.5) is 0 Å². The van der Waals surface area contributed by atoms with Crippen LogP contribution in [-0.2, 0) is 63.8 Å². The highest BCUT2D eigenvalue weighted by Gasteiger charge is 2.36. The Labute approximate surface area is 619 Å². The summed E-state index contributed by atoms with van der Waals surface area (Å²) in [4.78, 5) is 52.2. The molecule has 4 aromatic rings. The molecule has 0 aliphatic rings. The summed E-state index contributed by atoms with van der Waals surface area (Å²) in [5, 5.41) is 0. The number of ether oxygens (including phenoxy) is 8. The summed E-state index contributed by atoms with van der Waals surface area (Å²) in [6.07, 6.45) is 13.4. The normalized spacial score (nSPS) is 12.4. The van der Waals surface area contributed by atoms with Crippen LogP contribution >= 0.6 is 0 Å². The molecule has 0 aromatic heterocycles. The van der Waals surface area contributed by atoms with Crippen molar-refractivity contribution in [3.63, 3.8) is 0 Å². The number of aryl methyl sites for hydroxylation is 8. The standard InChI is InChI=1S/C84H140O12Si5/c1-65(2)93-77-37-29-73(61-69(77)9)33-41-81(85)89-45-21-49-97(13,14)53-25-57-101(58-26-54-98(15,16)50-22-46-90-82(86)42-34-74-30-38-78(70(10)62-74)94-66(3)4,59-27-55-99(17,18)51-23-47-91-83(87)43-35-75-31-39-79(71(11)63-75)95-67(5)6)60-28-56-100(19,20)52-24-48-92-84(88)44-36-76-32-40-80(72(12)64-76)96-68(7)8/h29-32,37-40,61-68H,21-28,33-36,41-60H2,1-20H3. The van der Waals surface area contributed by atoms with Crippen LogP contribution in [0.25, 0.3) is 0 Å². The van der Waals surface area contributed by atoms with E-state index in [0.29, 0.717) is 77.8 Å². The molecule has 0 bridgehead atoms. The van der Waals surface area contributed by atoms with Gasteiger partial charge in [0.15, 0.2) is 0 Å². The molecule has 0 amide bonds. The minimum absolute atomic E-state index is 0.111. The van der Waals surface area contributed by atoms with Gasteiger partial charge in [-0.1, -0.05) is 199 Å². The first-order valence-electron chi connectivity index (χ1n) is 39.2. The van der Waals surface area contributed by atoms with Gasteiger partial charge in [-0.25, -0.2) is 0 Å². The number of hydrogen-bond donors (Lipinski definition) is 0. The molecule has 568 valence electrons. The van der Waals surface area contributed by atoms with Crippen LogP contribution in [0.2, 0.25) is 125 Å². The van der Waals surface area contributed by atoms with Gasteiger partial charge in [0.05, 0.1) is 58.9 Å². The number of hydrogen-bond acceptors (Lipinski definition) is 12. The molecule has 101 heavy (non-hydrogen) atoms. The number of carbonyl (C=O) groups excluding carboxylic acids is 4. The minimum atomic E-state index is -1.83. The molecule has 0 heterocycles. The Kier molecular flexibility index (Phi) is 39.2. The first kappa shape index (κ1) is 88.4. The molecule has 0 saturated carbocycles. The number of carbonyl (C=O) groups is 4. The maximum absolute atomic E-state index is 13.0. The second-order valence-corrected chi connectivity index (χ2v) is 60.2. The third-order valence-electron chi connectivity index (χ3n) is 20.2. The molecule has 4 rings (SSSR count). The lowest BCUT2D eigenvalue weighted by atomic mass is 10.1. The second kappa shape index (κ2) is 44.8. The smallest absolute Gasteiger partial charge is 0.306 e. The van der Waals surface area contributed by atoms with Gasteiger partial charge in [-0.2, -0.15) is 0 Å². The Bertz CT molecular complexity index is 2700. The van der Waals surface area contributed by atoms with Crippen molar-refractivity contribution in [2.75, 3.05) is 26.4 Å². The fourth-order valence-corrected chi connectivity index (χ4v) is 30.8. The Morgan fingerprint density at radius 2 is 0.475 bits per heavy atom. The number of benzene rings is 4. The summed E-state index contributed by atoms with van der Waals surface area (Å²) in [5.74, 6) is 3.08. The van der Waals surface area contributed by atoms with Gasteiger partial charge >= 0.3 is 23.9 Å². The molecular formula is C84H140O12Si5. The zero-order chi connectivity index (χ0) is 74.8. The SMILES string of the molecule is Cc1cc(CCC(=O)OCCC[Si](C)(C)CCC[Si](CCC[Si](C)(C)CCCOC(=O)CCc2ccc(OC(C)C)c(C)c2)(CCC[Si](C)(C)CCCOC(=O)CCc2ccc(OC(C)C)c(C)c2)CCC[Si](C)(C)CCCOC(=O)CCc2ccc(OC(C)C)c(C)c2)ccc1OC(C)C. The average molecular weight is 1480 g/mol. The van der Waals surface area contributed by atoms with Crippen LogP contribution in [0.3, 0.4) is 0 Å². The van der Waals surface area contributed by atoms with Crippen LogP contribution < -0.4 is 18.9 Å². The van der Waals surface area contributed by atoms with Crippen molar-refractivity contribution in [3.8, 4) is 23.0 Å². The first-order valence-corrected chi connectivity index (χ1v) is 55.7. The van der Waals surface area contributed by atoms with E-state index in [1.165, 1.54) is 74.0 Å². The molecule has 0 atom stereocenters. The summed E-state index contributed by atoms with van der Waals surface area (Å²) in [6, 6.07) is 40.1. The van der Waals surface area contributed by atoms with E-state index in [0.717, 1.165) is 117 Å². The molecule has 17 heteroatoms. The molecule has 0 saturated heterocycles. The summed E-state index contributed by atoms with van der Waals surface area (Å²) in [5.41, 5.74) is 8.84. The first-order chi connectivity index (χ1) is 47.5. The van der Waals surface area contributed by atoms with Crippen LogP contribution in [0.15, 0.2) is 72.8 Å². The molecular weight excluding hydrogens is 1340 g/mol. The topological polar surface area (TPSA) is 142 Å². The number of esters is 4. The van der Waals surface area contributed by atoms with E-state index in [1.807, 2.05) is 79.7 Å². The van der Waals surface area contributed by atoms with E-state index in [-0.39, 0.29) is 48.3 Å². The lowest BCUT2D eigenvalue weighted by Crippen LogP contribution is -2.37. The van der Waals surface area contributed by atoms with Crippen LogP contribution in [0.5, 0.6) is 23.0 Å². The molecule has 0 radical (unpaired) electrons. The minimum Gasteiger partial charge on any atom is -0.491 e. The Hall–Kier alpha value is -4.96. The quantitative estimate of drug-likeness (QED) is 0.0180. The van der Waals surface area contributed by atoms with Crippen molar-refractivity contribution in [1.29, 1.82) is 0 Å². The summed E-state index contributed by atoms with van der Waals surface area (Å²) >= 11 is 0. The fourth-order valence-electron chi connectivity index (χ4n) is 14.3. The van der Waals surface area contributed by atoms with Crippen LogP contribution in [0, 0.1) is 27.7 Å². The van der Waals surface area contributed by atoms with Gasteiger partial charge in [-0.3, -0.25) is 19.2 Å². The van der Waals surface area contributed by atoms with Crippen LogP contribution in [0.1, 0.15) is 177 Å². The van der Waals surface area contributed by atoms with Gasteiger partial charge in [0.2, 0.25) is 0 Å². The van der Waals surface area contributed by atoms with Gasteiger partial charge in [0.25, 0.3) is 0 Å². The summed E-state index contributed by atoms with van der Waals surface area (Å²) in [6.45, 7) is 46.9. The Morgan fingerprint density at radius 1 is 0.287 bits per heavy atom. The molecule has 0 unspecified atom stereocenters. The van der Waals surface area contributed by atoms with Gasteiger partial charge in [0.1, 0.15) is 23.0 Å². The Balaban J connectivity index is 1.44. The average Bonchev–Trinajstić information content (AvgIpc) is 0.884. The lowest BCUT2D eigenvalue weighted by Gasteiger charge is -2.36. The molecule has 4 aromatic carbocycles. The molecule has 0 spiro atoms. The summed E-state index contributed by atoms with van der Waals surface area (Å²) < 4.78 is 47.3.